The summed E-state index contributed by atoms with van der Waals surface area (Å²) in [5.74, 6) is -0.725. The number of hydrogen-bond acceptors (Lipinski definition) is 2. The van der Waals surface area contributed by atoms with E-state index >= 15 is 0 Å². The van der Waals surface area contributed by atoms with Crippen LogP contribution >= 0.6 is 15.9 Å². The molecule has 0 aliphatic rings. The van der Waals surface area contributed by atoms with Crippen LogP contribution in [0.5, 0.6) is 5.75 Å². The summed E-state index contributed by atoms with van der Waals surface area (Å²) in [5.41, 5.74) is -0.727. The van der Waals surface area contributed by atoms with Gasteiger partial charge in [-0.3, -0.25) is 4.79 Å². The minimum Gasteiger partial charge on any atom is -0.508 e. The first kappa shape index (κ1) is 15.4. The predicted octanol–water partition coefficient (Wildman–Crippen LogP) is 4.43. The quantitative estimate of drug-likeness (QED) is 0.833. The van der Waals surface area contributed by atoms with Gasteiger partial charge >= 0.3 is 6.18 Å². The minimum absolute atomic E-state index is 0.00170. The minimum atomic E-state index is -4.49. The molecule has 2 rings (SSSR count). The fourth-order valence-corrected chi connectivity index (χ4v) is 1.98. The van der Waals surface area contributed by atoms with Crippen molar-refractivity contribution < 1.29 is 23.1 Å². The molecule has 21 heavy (non-hydrogen) atoms. The lowest BCUT2D eigenvalue weighted by molar-refractivity contribution is -0.137. The van der Waals surface area contributed by atoms with Gasteiger partial charge in [-0.05, 0) is 52.3 Å². The highest BCUT2D eigenvalue weighted by atomic mass is 79.9. The largest absolute Gasteiger partial charge is 0.508 e. The lowest BCUT2D eigenvalue weighted by Crippen LogP contribution is -2.13. The molecule has 3 nitrogen and oxygen atoms in total. The maximum atomic E-state index is 12.7. The Bertz CT molecular complexity index is 686. The Labute approximate surface area is 126 Å². The van der Waals surface area contributed by atoms with Gasteiger partial charge in [0.25, 0.3) is 5.91 Å². The molecular formula is C14H9BrF3NO2. The number of aromatic hydroxyl groups is 1. The number of hydrogen-bond donors (Lipinski definition) is 2. The second kappa shape index (κ2) is 5.77. The number of carbonyl (C=O) groups is 1. The van der Waals surface area contributed by atoms with Gasteiger partial charge in [0, 0.05) is 10.0 Å². The van der Waals surface area contributed by atoms with Crippen molar-refractivity contribution in [3.8, 4) is 5.75 Å². The van der Waals surface area contributed by atoms with Crippen LogP contribution in [-0.4, -0.2) is 11.0 Å². The highest BCUT2D eigenvalue weighted by molar-refractivity contribution is 9.10. The predicted molar refractivity (Wildman–Crippen MR) is 75.2 cm³/mol. The van der Waals surface area contributed by atoms with Crippen LogP contribution in [0.15, 0.2) is 46.9 Å². The Morgan fingerprint density at radius 3 is 2.48 bits per heavy atom. The van der Waals surface area contributed by atoms with E-state index in [4.69, 9.17) is 0 Å². The van der Waals surface area contributed by atoms with Crippen molar-refractivity contribution in [3.63, 3.8) is 0 Å². The number of rotatable bonds is 2. The Hall–Kier alpha value is -2.02. The van der Waals surface area contributed by atoms with E-state index in [1.807, 2.05) is 0 Å². The van der Waals surface area contributed by atoms with Gasteiger partial charge in [-0.1, -0.05) is 6.07 Å². The third-order valence-corrected chi connectivity index (χ3v) is 3.34. The molecule has 0 bridgehead atoms. The second-order valence-electron chi connectivity index (χ2n) is 4.20. The lowest BCUT2D eigenvalue weighted by Gasteiger charge is -2.12. The average Bonchev–Trinajstić information content (AvgIpc) is 2.40. The first-order valence-corrected chi connectivity index (χ1v) is 6.54. The number of amides is 1. The number of phenols is 1. The highest BCUT2D eigenvalue weighted by Crippen LogP contribution is 2.34. The van der Waals surface area contributed by atoms with Crippen molar-refractivity contribution in [2.24, 2.45) is 0 Å². The third-order valence-electron chi connectivity index (χ3n) is 2.65. The van der Waals surface area contributed by atoms with E-state index in [0.29, 0.717) is 4.47 Å². The molecule has 0 fully saturated rings. The van der Waals surface area contributed by atoms with Crippen LogP contribution in [0.25, 0.3) is 0 Å². The van der Waals surface area contributed by atoms with E-state index in [0.717, 1.165) is 12.1 Å². The van der Waals surface area contributed by atoms with Crippen molar-refractivity contribution in [1.82, 2.24) is 0 Å². The Kier molecular flexibility index (Phi) is 4.22. The molecule has 2 aromatic rings. The van der Waals surface area contributed by atoms with Gasteiger partial charge in [0.1, 0.15) is 5.75 Å². The fraction of sp³-hybridized carbons (Fsp3) is 0.0714. The second-order valence-corrected chi connectivity index (χ2v) is 5.05. The van der Waals surface area contributed by atoms with Gasteiger partial charge in [0.2, 0.25) is 0 Å². The van der Waals surface area contributed by atoms with E-state index in [-0.39, 0.29) is 17.0 Å². The van der Waals surface area contributed by atoms with E-state index in [1.54, 1.807) is 0 Å². The van der Waals surface area contributed by atoms with Crippen LogP contribution in [0.4, 0.5) is 18.9 Å². The Balaban J connectivity index is 2.29. The van der Waals surface area contributed by atoms with Crippen molar-refractivity contribution in [2.45, 2.75) is 6.18 Å². The molecule has 0 unspecified atom stereocenters. The van der Waals surface area contributed by atoms with E-state index in [1.165, 1.54) is 30.3 Å². The number of benzene rings is 2. The number of halogens is 4. The Morgan fingerprint density at radius 1 is 1.14 bits per heavy atom. The smallest absolute Gasteiger partial charge is 0.416 e. The molecule has 0 aromatic heterocycles. The molecule has 0 atom stereocenters. The number of alkyl halides is 3. The van der Waals surface area contributed by atoms with Crippen LogP contribution < -0.4 is 5.32 Å². The number of anilines is 1. The highest BCUT2D eigenvalue weighted by Gasteiger charge is 2.31. The maximum absolute atomic E-state index is 12.7. The van der Waals surface area contributed by atoms with Crippen LogP contribution in [0.1, 0.15) is 15.9 Å². The summed E-state index contributed by atoms with van der Waals surface area (Å²) in [4.78, 5) is 12.0. The first-order valence-electron chi connectivity index (χ1n) is 5.74. The van der Waals surface area contributed by atoms with Crippen LogP contribution in [0, 0.1) is 0 Å². The summed E-state index contributed by atoms with van der Waals surface area (Å²) in [6, 6.07) is 8.47. The van der Waals surface area contributed by atoms with E-state index in [9.17, 15) is 23.1 Å². The number of phenolic OH excluding ortho intramolecular Hbond substituents is 1. The third kappa shape index (κ3) is 3.75. The Morgan fingerprint density at radius 2 is 1.86 bits per heavy atom. The van der Waals surface area contributed by atoms with E-state index in [2.05, 4.69) is 21.2 Å². The maximum Gasteiger partial charge on any atom is 0.416 e. The number of carbonyl (C=O) groups excluding carboxylic acids is 1. The zero-order valence-electron chi connectivity index (χ0n) is 10.4. The van der Waals surface area contributed by atoms with Gasteiger partial charge in [-0.25, -0.2) is 0 Å². The van der Waals surface area contributed by atoms with Gasteiger partial charge in [0.15, 0.2) is 0 Å². The summed E-state index contributed by atoms with van der Waals surface area (Å²) < 4.78 is 38.3. The average molecular weight is 360 g/mol. The summed E-state index contributed by atoms with van der Waals surface area (Å²) in [6.07, 6.45) is -4.49. The number of nitrogens with one attached hydrogen (secondary N) is 1. The van der Waals surface area contributed by atoms with Gasteiger partial charge in [-0.2, -0.15) is 13.2 Å². The molecule has 1 amide bonds. The molecule has 0 aliphatic heterocycles. The summed E-state index contributed by atoms with van der Waals surface area (Å²) >= 11 is 3.08. The fourth-order valence-electron chi connectivity index (χ4n) is 1.64. The zero-order valence-corrected chi connectivity index (χ0v) is 12.0. The topological polar surface area (TPSA) is 49.3 Å². The van der Waals surface area contributed by atoms with Crippen molar-refractivity contribution in [1.29, 1.82) is 0 Å². The summed E-state index contributed by atoms with van der Waals surface area (Å²) in [6.45, 7) is 0. The van der Waals surface area contributed by atoms with Gasteiger partial charge < -0.3 is 10.4 Å². The zero-order chi connectivity index (χ0) is 15.6. The molecule has 110 valence electrons. The molecule has 0 saturated heterocycles. The first-order chi connectivity index (χ1) is 9.77. The summed E-state index contributed by atoms with van der Waals surface area (Å²) in [7, 11) is 0. The molecule has 0 radical (unpaired) electrons. The lowest BCUT2D eigenvalue weighted by atomic mass is 10.1. The summed E-state index contributed by atoms with van der Waals surface area (Å²) in [5, 5.41) is 11.7. The molecule has 0 heterocycles. The van der Waals surface area contributed by atoms with E-state index < -0.39 is 17.6 Å². The van der Waals surface area contributed by atoms with Gasteiger partial charge in [-0.15, -0.1) is 0 Å². The molecule has 2 N–H and O–H groups in total. The SMILES string of the molecule is O=C(Nc1cc(C(F)(F)F)ccc1Br)c1cccc(O)c1. The van der Waals surface area contributed by atoms with Gasteiger partial charge in [0.05, 0.1) is 11.3 Å². The van der Waals surface area contributed by atoms with Crippen molar-refractivity contribution in [2.75, 3.05) is 5.32 Å². The van der Waals surface area contributed by atoms with Crippen molar-refractivity contribution >= 4 is 27.5 Å². The van der Waals surface area contributed by atoms with Crippen molar-refractivity contribution in [3.05, 3.63) is 58.1 Å². The van der Waals surface area contributed by atoms with Crippen LogP contribution in [0.2, 0.25) is 0 Å². The molecule has 2 aromatic carbocycles. The van der Waals surface area contributed by atoms with Crippen LogP contribution in [-0.2, 0) is 6.18 Å². The monoisotopic (exact) mass is 359 g/mol. The molecule has 0 aliphatic carbocycles. The standard InChI is InChI=1S/C14H9BrF3NO2/c15-11-5-4-9(14(16,17)18)7-12(11)19-13(21)8-2-1-3-10(20)6-8/h1-7,20H,(H,19,21). The molecule has 7 heteroatoms. The molecule has 0 saturated carbocycles. The van der Waals surface area contributed by atoms with Crippen LogP contribution in [0.3, 0.4) is 0 Å². The molecule has 0 spiro atoms. The normalized spacial score (nSPS) is 11.2. The molecular weight excluding hydrogens is 351 g/mol.